The van der Waals surface area contributed by atoms with Crippen molar-refractivity contribution in [3.63, 3.8) is 0 Å². The molecule has 0 fully saturated rings. The van der Waals surface area contributed by atoms with Gasteiger partial charge in [0.2, 0.25) is 10.0 Å². The van der Waals surface area contributed by atoms with Gasteiger partial charge in [0.1, 0.15) is 4.90 Å². The summed E-state index contributed by atoms with van der Waals surface area (Å²) in [4.78, 5) is 3.77. The van der Waals surface area contributed by atoms with Crippen LogP contribution in [0, 0.1) is 5.92 Å². The van der Waals surface area contributed by atoms with E-state index >= 15 is 0 Å². The Morgan fingerprint density at radius 1 is 1.53 bits per heavy atom. The number of nitrogens with two attached hydrogens (primary N) is 1. The van der Waals surface area contributed by atoms with E-state index < -0.39 is 10.0 Å². The molecule has 0 amide bonds. The fraction of sp³-hybridized carbons (Fsp3) is 0.444. The van der Waals surface area contributed by atoms with E-state index in [0.29, 0.717) is 6.54 Å². The van der Waals surface area contributed by atoms with Gasteiger partial charge in [-0.05, 0) is 12.0 Å². The minimum absolute atomic E-state index is 0.0330. The Hall–Kier alpha value is -1.14. The normalized spacial score (nSPS) is 11.9. The molecule has 3 N–H and O–H groups in total. The molecule has 0 aliphatic carbocycles. The highest BCUT2D eigenvalue weighted by Gasteiger charge is 2.17. The summed E-state index contributed by atoms with van der Waals surface area (Å²) in [5, 5.41) is 0. The van der Waals surface area contributed by atoms with Gasteiger partial charge >= 0.3 is 0 Å². The molecule has 0 radical (unpaired) electrons. The lowest BCUT2D eigenvalue weighted by Gasteiger charge is -2.09. The third-order valence-corrected chi connectivity index (χ3v) is 3.25. The van der Waals surface area contributed by atoms with E-state index in [-0.39, 0.29) is 16.5 Å². The molecular formula is C9H15N3O2S. The number of nitrogen functional groups attached to an aromatic ring is 1. The lowest BCUT2D eigenvalue weighted by Crippen LogP contribution is -2.28. The van der Waals surface area contributed by atoms with Crippen molar-refractivity contribution in [3.8, 4) is 0 Å². The molecular weight excluding hydrogens is 214 g/mol. The van der Waals surface area contributed by atoms with Crippen LogP contribution in [0.4, 0.5) is 5.69 Å². The van der Waals surface area contributed by atoms with Crippen LogP contribution in [0.25, 0.3) is 0 Å². The highest BCUT2D eigenvalue weighted by Crippen LogP contribution is 2.15. The van der Waals surface area contributed by atoms with Crippen LogP contribution in [0.3, 0.4) is 0 Å². The van der Waals surface area contributed by atoms with Gasteiger partial charge in [0.15, 0.2) is 0 Å². The summed E-state index contributed by atoms with van der Waals surface area (Å²) in [7, 11) is -3.52. The van der Waals surface area contributed by atoms with Gasteiger partial charge in [-0.25, -0.2) is 13.1 Å². The zero-order valence-corrected chi connectivity index (χ0v) is 9.58. The third-order valence-electron chi connectivity index (χ3n) is 1.79. The summed E-state index contributed by atoms with van der Waals surface area (Å²) in [5.41, 5.74) is 5.76. The first-order chi connectivity index (χ1) is 6.93. The summed E-state index contributed by atoms with van der Waals surface area (Å²) >= 11 is 0. The third kappa shape index (κ3) is 3.17. The monoisotopic (exact) mass is 229 g/mol. The van der Waals surface area contributed by atoms with E-state index in [4.69, 9.17) is 5.73 Å². The maximum Gasteiger partial charge on any atom is 0.244 e. The summed E-state index contributed by atoms with van der Waals surface area (Å²) in [6, 6.07) is 1.46. The average Bonchev–Trinajstić information content (AvgIpc) is 2.15. The van der Waals surface area contributed by atoms with Crippen LogP contribution in [-0.4, -0.2) is 19.9 Å². The van der Waals surface area contributed by atoms with E-state index in [1.54, 1.807) is 0 Å². The number of sulfonamides is 1. The van der Waals surface area contributed by atoms with Crippen LogP contribution in [0.15, 0.2) is 23.4 Å². The summed E-state index contributed by atoms with van der Waals surface area (Å²) in [5.74, 6) is 0.248. The molecule has 1 aromatic heterocycles. The molecule has 15 heavy (non-hydrogen) atoms. The predicted molar refractivity (Wildman–Crippen MR) is 58.7 cm³/mol. The second-order valence-corrected chi connectivity index (χ2v) is 5.39. The topological polar surface area (TPSA) is 85.1 Å². The van der Waals surface area contributed by atoms with Gasteiger partial charge in [-0.15, -0.1) is 0 Å². The highest BCUT2D eigenvalue weighted by molar-refractivity contribution is 7.89. The maximum atomic E-state index is 11.7. The van der Waals surface area contributed by atoms with Crippen LogP contribution >= 0.6 is 0 Å². The van der Waals surface area contributed by atoms with E-state index in [0.717, 1.165) is 0 Å². The number of hydrogen-bond donors (Lipinski definition) is 2. The Bertz CT molecular complexity index is 429. The van der Waals surface area contributed by atoms with Crippen molar-refractivity contribution in [2.75, 3.05) is 12.3 Å². The summed E-state index contributed by atoms with van der Waals surface area (Å²) < 4.78 is 25.9. The molecule has 0 aliphatic rings. The Balaban J connectivity index is 2.92. The summed E-state index contributed by atoms with van der Waals surface area (Å²) in [6.45, 7) is 4.24. The molecule has 1 aromatic rings. The smallest absolute Gasteiger partial charge is 0.244 e. The highest BCUT2D eigenvalue weighted by atomic mass is 32.2. The number of aromatic nitrogens is 1. The number of hydrogen-bond acceptors (Lipinski definition) is 4. The minimum Gasteiger partial charge on any atom is -0.398 e. The minimum atomic E-state index is -3.52. The van der Waals surface area contributed by atoms with Crippen LogP contribution in [0.2, 0.25) is 0 Å². The van der Waals surface area contributed by atoms with E-state index in [1.165, 1.54) is 18.5 Å². The van der Waals surface area contributed by atoms with E-state index in [1.807, 2.05) is 13.8 Å². The molecule has 0 spiro atoms. The van der Waals surface area contributed by atoms with Crippen molar-refractivity contribution in [2.24, 2.45) is 5.92 Å². The van der Waals surface area contributed by atoms with Crippen molar-refractivity contribution in [1.29, 1.82) is 0 Å². The predicted octanol–water partition coefficient (Wildman–Crippen LogP) is 0.598. The van der Waals surface area contributed by atoms with Crippen molar-refractivity contribution in [1.82, 2.24) is 9.71 Å². The molecule has 6 heteroatoms. The summed E-state index contributed by atoms with van der Waals surface area (Å²) in [6.07, 6.45) is 2.70. The molecule has 0 unspecified atom stereocenters. The van der Waals surface area contributed by atoms with Gasteiger partial charge in [-0.3, -0.25) is 4.98 Å². The Morgan fingerprint density at radius 3 is 2.73 bits per heavy atom. The number of rotatable bonds is 4. The molecule has 0 aromatic carbocycles. The largest absolute Gasteiger partial charge is 0.398 e. The van der Waals surface area contributed by atoms with Crippen molar-refractivity contribution in [3.05, 3.63) is 18.5 Å². The van der Waals surface area contributed by atoms with E-state index in [9.17, 15) is 8.42 Å². The van der Waals surface area contributed by atoms with Gasteiger partial charge < -0.3 is 5.73 Å². The van der Waals surface area contributed by atoms with Crippen molar-refractivity contribution in [2.45, 2.75) is 18.7 Å². The van der Waals surface area contributed by atoms with Crippen LogP contribution < -0.4 is 10.5 Å². The zero-order chi connectivity index (χ0) is 11.5. The Morgan fingerprint density at radius 2 is 2.20 bits per heavy atom. The number of nitrogens with one attached hydrogen (secondary N) is 1. The molecule has 1 heterocycles. The number of pyridine rings is 1. The quantitative estimate of drug-likeness (QED) is 0.791. The molecule has 0 bridgehead atoms. The lowest BCUT2D eigenvalue weighted by atomic mass is 10.2. The lowest BCUT2D eigenvalue weighted by molar-refractivity contribution is 0.560. The Labute approximate surface area is 89.8 Å². The molecule has 0 atom stereocenters. The zero-order valence-electron chi connectivity index (χ0n) is 8.77. The van der Waals surface area contributed by atoms with Crippen LogP contribution in [-0.2, 0) is 10.0 Å². The van der Waals surface area contributed by atoms with Crippen LogP contribution in [0.5, 0.6) is 0 Å². The molecule has 84 valence electrons. The van der Waals surface area contributed by atoms with Crippen LogP contribution in [0.1, 0.15) is 13.8 Å². The molecule has 0 aliphatic heterocycles. The van der Waals surface area contributed by atoms with E-state index in [2.05, 4.69) is 9.71 Å². The first-order valence-electron chi connectivity index (χ1n) is 4.62. The molecule has 0 saturated carbocycles. The van der Waals surface area contributed by atoms with Crippen molar-refractivity contribution >= 4 is 15.7 Å². The maximum absolute atomic E-state index is 11.7. The van der Waals surface area contributed by atoms with Gasteiger partial charge in [-0.1, -0.05) is 13.8 Å². The molecule has 1 rings (SSSR count). The first-order valence-corrected chi connectivity index (χ1v) is 6.11. The van der Waals surface area contributed by atoms with Crippen molar-refractivity contribution < 1.29 is 8.42 Å². The second kappa shape index (κ2) is 4.59. The number of anilines is 1. The standard InChI is InChI=1S/C9H15N3O2S/c1-7(2)5-12-15(13,14)9-6-11-4-3-8(9)10/h3-4,6-7,12H,5H2,1-2H3,(H2,10,11). The average molecular weight is 229 g/mol. The molecule has 5 nitrogen and oxygen atoms in total. The first kappa shape index (κ1) is 11.9. The van der Waals surface area contributed by atoms with Gasteiger partial charge in [0.05, 0.1) is 5.69 Å². The fourth-order valence-electron chi connectivity index (χ4n) is 0.969. The Kier molecular flexibility index (Phi) is 3.65. The van der Waals surface area contributed by atoms with Gasteiger partial charge in [0, 0.05) is 18.9 Å². The second-order valence-electron chi connectivity index (χ2n) is 3.66. The SMILES string of the molecule is CC(C)CNS(=O)(=O)c1cnccc1N. The fourth-order valence-corrected chi connectivity index (χ4v) is 2.26. The number of nitrogens with zero attached hydrogens (tertiary/aromatic N) is 1. The van der Waals surface area contributed by atoms with Gasteiger partial charge in [0.25, 0.3) is 0 Å². The van der Waals surface area contributed by atoms with Gasteiger partial charge in [-0.2, -0.15) is 0 Å². The molecule has 0 saturated heterocycles.